The van der Waals surface area contributed by atoms with Crippen LogP contribution in [0.1, 0.15) is 4.88 Å². The molecule has 1 aromatic heterocycles. The Kier molecular flexibility index (Phi) is 4.39. The van der Waals surface area contributed by atoms with Crippen LogP contribution in [0.4, 0.5) is 0 Å². The predicted molar refractivity (Wildman–Crippen MR) is 75.3 cm³/mol. The Labute approximate surface area is 122 Å². The third kappa shape index (κ3) is 3.30. The van der Waals surface area contributed by atoms with Gasteiger partial charge in [0, 0.05) is 22.1 Å². The van der Waals surface area contributed by atoms with E-state index in [1.807, 2.05) is 0 Å². The molecule has 0 amide bonds. The lowest BCUT2D eigenvalue weighted by Crippen LogP contribution is -2.23. The average Bonchev–Trinajstić information content (AvgIpc) is 2.78. The summed E-state index contributed by atoms with van der Waals surface area (Å²) in [5.74, 6) is 0. The van der Waals surface area contributed by atoms with E-state index in [4.69, 9.17) is 11.6 Å². The van der Waals surface area contributed by atoms with E-state index in [0.717, 1.165) is 9.35 Å². The van der Waals surface area contributed by atoms with Crippen LogP contribution in [0.3, 0.4) is 0 Å². The molecule has 0 atom stereocenters. The lowest BCUT2D eigenvalue weighted by Gasteiger charge is -2.07. The third-order valence-corrected chi connectivity index (χ3v) is 5.26. The van der Waals surface area contributed by atoms with Crippen LogP contribution in [0, 0.1) is 0 Å². The first-order valence-corrected chi connectivity index (χ1v) is 8.34. The average molecular weight is 368 g/mol. The van der Waals surface area contributed by atoms with Crippen molar-refractivity contribution in [1.82, 2.24) is 9.71 Å². The summed E-state index contributed by atoms with van der Waals surface area (Å²) in [4.78, 5) is 4.78. The van der Waals surface area contributed by atoms with Crippen molar-refractivity contribution in [3.63, 3.8) is 0 Å². The summed E-state index contributed by atoms with van der Waals surface area (Å²) in [6.07, 6.45) is 1.62. The Morgan fingerprint density at radius 3 is 2.83 bits per heavy atom. The minimum absolute atomic E-state index is 0.0666. The van der Waals surface area contributed by atoms with Crippen molar-refractivity contribution >= 4 is 48.9 Å². The van der Waals surface area contributed by atoms with Crippen LogP contribution in [-0.4, -0.2) is 13.4 Å². The molecule has 0 bridgehead atoms. The number of nitrogens with one attached hydrogen (secondary N) is 1. The maximum atomic E-state index is 12.0. The number of aromatic nitrogens is 1. The van der Waals surface area contributed by atoms with Crippen LogP contribution in [0.2, 0.25) is 5.02 Å². The summed E-state index contributed by atoms with van der Waals surface area (Å²) in [6, 6.07) is 4.64. The third-order valence-electron chi connectivity index (χ3n) is 2.10. The Balaban J connectivity index is 2.20. The molecule has 0 unspecified atom stereocenters. The number of hydrogen-bond donors (Lipinski definition) is 1. The zero-order valence-electron chi connectivity index (χ0n) is 8.93. The molecule has 1 N–H and O–H groups in total. The predicted octanol–water partition coefficient (Wildman–Crippen LogP) is 3.04. The van der Waals surface area contributed by atoms with E-state index >= 15 is 0 Å². The van der Waals surface area contributed by atoms with Gasteiger partial charge in [-0.05, 0) is 18.2 Å². The van der Waals surface area contributed by atoms with Gasteiger partial charge in [0.05, 0.1) is 10.5 Å². The van der Waals surface area contributed by atoms with Crippen molar-refractivity contribution in [1.29, 1.82) is 0 Å². The maximum absolute atomic E-state index is 12.0. The molecular weight excluding hydrogens is 360 g/mol. The van der Waals surface area contributed by atoms with Gasteiger partial charge < -0.3 is 0 Å². The molecule has 2 aromatic rings. The first-order chi connectivity index (χ1) is 8.49. The molecule has 96 valence electrons. The van der Waals surface area contributed by atoms with Crippen LogP contribution < -0.4 is 4.72 Å². The lowest BCUT2D eigenvalue weighted by molar-refractivity contribution is 0.582. The van der Waals surface area contributed by atoms with Crippen molar-refractivity contribution in [3.8, 4) is 0 Å². The molecule has 0 aliphatic rings. The normalized spacial score (nSPS) is 11.7. The standard InChI is InChI=1S/C10H8BrClN2O2S2/c11-7-1-2-10(9(12)3-7)18(15,16)14-5-8-4-13-6-17-8/h1-4,6,14H,5H2. The first-order valence-electron chi connectivity index (χ1n) is 4.81. The minimum atomic E-state index is -3.61. The fraction of sp³-hybridized carbons (Fsp3) is 0.100. The van der Waals surface area contributed by atoms with E-state index in [1.54, 1.807) is 23.8 Å². The van der Waals surface area contributed by atoms with E-state index in [0.29, 0.717) is 0 Å². The minimum Gasteiger partial charge on any atom is -0.253 e. The maximum Gasteiger partial charge on any atom is 0.242 e. The highest BCUT2D eigenvalue weighted by Crippen LogP contribution is 2.25. The van der Waals surface area contributed by atoms with Gasteiger partial charge in [-0.3, -0.25) is 4.98 Å². The highest BCUT2D eigenvalue weighted by Gasteiger charge is 2.17. The zero-order chi connectivity index (χ0) is 13.2. The molecule has 8 heteroatoms. The van der Waals surface area contributed by atoms with Gasteiger partial charge in [-0.15, -0.1) is 11.3 Å². The van der Waals surface area contributed by atoms with Crippen LogP contribution in [0.5, 0.6) is 0 Å². The number of hydrogen-bond acceptors (Lipinski definition) is 4. The quantitative estimate of drug-likeness (QED) is 0.903. The summed E-state index contributed by atoms with van der Waals surface area (Å²) in [6.45, 7) is 0.208. The van der Waals surface area contributed by atoms with Crippen molar-refractivity contribution in [2.75, 3.05) is 0 Å². The van der Waals surface area contributed by atoms with Gasteiger partial charge in [-0.1, -0.05) is 27.5 Å². The SMILES string of the molecule is O=S(=O)(NCc1cncs1)c1ccc(Br)cc1Cl. The number of benzene rings is 1. The molecule has 0 spiro atoms. The van der Waals surface area contributed by atoms with E-state index in [2.05, 4.69) is 25.6 Å². The number of thiazole rings is 1. The van der Waals surface area contributed by atoms with E-state index in [-0.39, 0.29) is 16.5 Å². The smallest absolute Gasteiger partial charge is 0.242 e. The van der Waals surface area contributed by atoms with E-state index in [1.165, 1.54) is 17.4 Å². The lowest BCUT2D eigenvalue weighted by atomic mass is 10.4. The van der Waals surface area contributed by atoms with Crippen LogP contribution in [0.15, 0.2) is 39.3 Å². The molecule has 0 fully saturated rings. The molecule has 18 heavy (non-hydrogen) atoms. The second kappa shape index (κ2) is 5.66. The van der Waals surface area contributed by atoms with Crippen molar-refractivity contribution in [2.24, 2.45) is 0 Å². The molecular formula is C10H8BrClN2O2S2. The van der Waals surface area contributed by atoms with Gasteiger partial charge in [0.2, 0.25) is 10.0 Å². The summed E-state index contributed by atoms with van der Waals surface area (Å²) in [7, 11) is -3.61. The Morgan fingerprint density at radius 1 is 1.44 bits per heavy atom. The molecule has 0 aliphatic heterocycles. The van der Waals surface area contributed by atoms with Crippen molar-refractivity contribution in [3.05, 3.63) is 44.3 Å². The van der Waals surface area contributed by atoms with Gasteiger partial charge in [0.1, 0.15) is 4.90 Å². The van der Waals surface area contributed by atoms with Crippen LogP contribution >= 0.6 is 38.9 Å². The van der Waals surface area contributed by atoms with Gasteiger partial charge in [0.25, 0.3) is 0 Å². The summed E-state index contributed by atoms with van der Waals surface area (Å²) in [5.41, 5.74) is 1.65. The summed E-state index contributed by atoms with van der Waals surface area (Å²) >= 11 is 10.5. The van der Waals surface area contributed by atoms with Crippen LogP contribution in [-0.2, 0) is 16.6 Å². The fourth-order valence-corrected chi connectivity index (χ4v) is 3.93. The second-order valence-electron chi connectivity index (χ2n) is 3.37. The second-order valence-corrected chi connectivity index (χ2v) is 7.40. The summed E-state index contributed by atoms with van der Waals surface area (Å²) < 4.78 is 27.3. The number of nitrogens with zero attached hydrogens (tertiary/aromatic N) is 1. The van der Waals surface area contributed by atoms with Crippen molar-refractivity contribution < 1.29 is 8.42 Å². The Hall–Kier alpha value is -0.470. The van der Waals surface area contributed by atoms with E-state index < -0.39 is 10.0 Å². The van der Waals surface area contributed by atoms with Gasteiger partial charge in [-0.2, -0.15) is 0 Å². The molecule has 1 aromatic carbocycles. The number of sulfonamides is 1. The molecule has 2 rings (SSSR count). The van der Waals surface area contributed by atoms with Crippen LogP contribution in [0.25, 0.3) is 0 Å². The number of halogens is 2. The monoisotopic (exact) mass is 366 g/mol. The first kappa shape index (κ1) is 14.0. The zero-order valence-corrected chi connectivity index (χ0v) is 12.9. The molecule has 0 aliphatic carbocycles. The molecule has 0 saturated carbocycles. The Bertz CT molecular complexity index is 644. The topological polar surface area (TPSA) is 59.1 Å². The largest absolute Gasteiger partial charge is 0.253 e. The molecule has 1 heterocycles. The Morgan fingerprint density at radius 2 is 2.22 bits per heavy atom. The highest BCUT2D eigenvalue weighted by molar-refractivity contribution is 9.10. The van der Waals surface area contributed by atoms with Gasteiger partial charge >= 0.3 is 0 Å². The van der Waals surface area contributed by atoms with E-state index in [9.17, 15) is 8.42 Å². The van der Waals surface area contributed by atoms with Gasteiger partial charge in [-0.25, -0.2) is 13.1 Å². The molecule has 4 nitrogen and oxygen atoms in total. The summed E-state index contributed by atoms with van der Waals surface area (Å²) in [5, 5.41) is 0.182. The fourth-order valence-electron chi connectivity index (χ4n) is 1.27. The molecule has 0 radical (unpaired) electrons. The molecule has 0 saturated heterocycles. The van der Waals surface area contributed by atoms with Gasteiger partial charge in [0.15, 0.2) is 0 Å². The number of rotatable bonds is 4. The highest BCUT2D eigenvalue weighted by atomic mass is 79.9. The van der Waals surface area contributed by atoms with Crippen molar-refractivity contribution in [2.45, 2.75) is 11.4 Å².